The topological polar surface area (TPSA) is 57.5 Å². The highest BCUT2D eigenvalue weighted by molar-refractivity contribution is 5.78. The Balaban J connectivity index is 0. The van der Waals surface area contributed by atoms with Crippen molar-refractivity contribution in [2.24, 2.45) is 5.92 Å². The second kappa shape index (κ2) is 13.2. The first-order valence-electron chi connectivity index (χ1n) is 5.58. The van der Waals surface area contributed by atoms with E-state index in [1.165, 1.54) is 25.7 Å². The van der Waals surface area contributed by atoms with Crippen molar-refractivity contribution in [2.75, 3.05) is 6.61 Å². The van der Waals surface area contributed by atoms with Crippen molar-refractivity contribution in [3.05, 3.63) is 12.7 Å². The van der Waals surface area contributed by atoms with Crippen LogP contribution in [0.4, 0.5) is 0 Å². The number of carboxylic acids is 1. The number of aliphatic carboxylic acids is 1. The Morgan fingerprint density at radius 3 is 2.20 bits per heavy atom. The molecule has 0 heterocycles. The lowest BCUT2D eigenvalue weighted by atomic mass is 9.96. The van der Waals surface area contributed by atoms with E-state index in [0.29, 0.717) is 6.61 Å². The number of aliphatic hydroxyl groups excluding tert-OH is 1. The molecule has 0 aliphatic carbocycles. The molecular formula is C12H24O3. The van der Waals surface area contributed by atoms with Crippen molar-refractivity contribution >= 4 is 5.97 Å². The molecule has 0 aliphatic heterocycles. The Labute approximate surface area is 92.8 Å². The molecule has 0 bridgehead atoms. The maximum Gasteiger partial charge on any atom is 0.327 e. The number of carbonyl (C=O) groups is 1. The van der Waals surface area contributed by atoms with E-state index in [2.05, 4.69) is 20.4 Å². The van der Waals surface area contributed by atoms with Crippen LogP contribution in [0.5, 0.6) is 0 Å². The molecule has 1 atom stereocenters. The average molecular weight is 216 g/mol. The minimum absolute atomic E-state index is 0.363. The summed E-state index contributed by atoms with van der Waals surface area (Å²) in [6, 6.07) is 0. The fraction of sp³-hybridized carbons (Fsp3) is 0.750. The summed E-state index contributed by atoms with van der Waals surface area (Å²) >= 11 is 0. The summed E-state index contributed by atoms with van der Waals surface area (Å²) < 4.78 is 0. The lowest BCUT2D eigenvalue weighted by Crippen LogP contribution is -2.01. The highest BCUT2D eigenvalue weighted by atomic mass is 16.4. The first-order valence-corrected chi connectivity index (χ1v) is 5.58. The molecule has 1 unspecified atom stereocenters. The number of rotatable bonds is 7. The van der Waals surface area contributed by atoms with Crippen molar-refractivity contribution in [2.45, 2.75) is 46.0 Å². The third kappa shape index (κ3) is 15.9. The highest BCUT2D eigenvalue weighted by Crippen LogP contribution is 2.15. The van der Waals surface area contributed by atoms with Gasteiger partial charge in [-0.2, -0.15) is 0 Å². The zero-order valence-electron chi connectivity index (χ0n) is 9.91. The predicted molar refractivity (Wildman–Crippen MR) is 62.8 cm³/mol. The molecule has 0 fully saturated rings. The van der Waals surface area contributed by atoms with E-state index in [1.807, 2.05) is 0 Å². The van der Waals surface area contributed by atoms with Gasteiger partial charge in [-0.25, -0.2) is 4.79 Å². The fourth-order valence-electron chi connectivity index (χ4n) is 1.23. The van der Waals surface area contributed by atoms with Crippen LogP contribution in [0.2, 0.25) is 0 Å². The maximum atomic E-state index is 9.25. The fourth-order valence-corrected chi connectivity index (χ4v) is 1.23. The maximum absolute atomic E-state index is 9.25. The quantitative estimate of drug-likeness (QED) is 0.643. The smallest absolute Gasteiger partial charge is 0.327 e. The van der Waals surface area contributed by atoms with E-state index in [1.54, 1.807) is 0 Å². The molecule has 3 heteroatoms. The molecule has 0 saturated carbocycles. The van der Waals surface area contributed by atoms with Gasteiger partial charge in [0.25, 0.3) is 0 Å². The number of unbranched alkanes of at least 4 members (excludes halogenated alkanes) is 1. The lowest BCUT2D eigenvalue weighted by Gasteiger charge is -2.11. The number of hydrogen-bond acceptors (Lipinski definition) is 2. The van der Waals surface area contributed by atoms with Gasteiger partial charge in [0.2, 0.25) is 0 Å². The minimum atomic E-state index is -0.981. The van der Waals surface area contributed by atoms with Crippen LogP contribution in [0.1, 0.15) is 46.0 Å². The van der Waals surface area contributed by atoms with E-state index >= 15 is 0 Å². The molecule has 0 radical (unpaired) electrons. The van der Waals surface area contributed by atoms with Gasteiger partial charge in [-0.3, -0.25) is 0 Å². The Morgan fingerprint density at radius 2 is 1.93 bits per heavy atom. The van der Waals surface area contributed by atoms with Crippen LogP contribution in [-0.4, -0.2) is 22.8 Å². The lowest BCUT2D eigenvalue weighted by molar-refractivity contribution is -0.131. The van der Waals surface area contributed by atoms with Gasteiger partial charge in [0.05, 0.1) is 0 Å². The molecule has 0 spiro atoms. The molecular weight excluding hydrogens is 192 g/mol. The Kier molecular flexibility index (Phi) is 14.6. The molecule has 0 saturated heterocycles. The van der Waals surface area contributed by atoms with Crippen molar-refractivity contribution in [1.82, 2.24) is 0 Å². The average Bonchev–Trinajstić information content (AvgIpc) is 2.25. The van der Waals surface area contributed by atoms with Gasteiger partial charge in [-0.15, -0.1) is 0 Å². The van der Waals surface area contributed by atoms with E-state index in [0.717, 1.165) is 18.4 Å². The number of carboxylic acid groups (broad SMARTS) is 1. The van der Waals surface area contributed by atoms with Crippen LogP contribution in [0.15, 0.2) is 12.7 Å². The molecule has 0 amide bonds. The van der Waals surface area contributed by atoms with Crippen LogP contribution in [0.25, 0.3) is 0 Å². The summed E-state index contributed by atoms with van der Waals surface area (Å²) in [6.07, 6.45) is 6.95. The van der Waals surface area contributed by atoms with Gasteiger partial charge in [-0.1, -0.05) is 46.1 Å². The number of hydrogen-bond donors (Lipinski definition) is 2. The molecule has 90 valence electrons. The van der Waals surface area contributed by atoms with Crippen molar-refractivity contribution in [3.8, 4) is 0 Å². The van der Waals surface area contributed by atoms with Crippen LogP contribution >= 0.6 is 0 Å². The monoisotopic (exact) mass is 216 g/mol. The molecule has 15 heavy (non-hydrogen) atoms. The van der Waals surface area contributed by atoms with E-state index in [9.17, 15) is 4.79 Å². The van der Waals surface area contributed by atoms with Crippen LogP contribution in [-0.2, 0) is 4.79 Å². The van der Waals surface area contributed by atoms with Gasteiger partial charge >= 0.3 is 5.97 Å². The van der Waals surface area contributed by atoms with Crippen LogP contribution in [0, 0.1) is 5.92 Å². The van der Waals surface area contributed by atoms with Crippen molar-refractivity contribution in [1.29, 1.82) is 0 Å². The summed E-state index contributed by atoms with van der Waals surface area (Å²) in [5, 5.41) is 16.3. The van der Waals surface area contributed by atoms with E-state index in [4.69, 9.17) is 10.2 Å². The predicted octanol–water partition coefficient (Wildman–Crippen LogP) is 2.84. The van der Waals surface area contributed by atoms with Crippen LogP contribution in [0.3, 0.4) is 0 Å². The third-order valence-electron chi connectivity index (χ3n) is 2.26. The summed E-state index contributed by atoms with van der Waals surface area (Å²) in [4.78, 5) is 9.25. The van der Waals surface area contributed by atoms with E-state index in [-0.39, 0.29) is 0 Å². The molecule has 0 aromatic rings. The van der Waals surface area contributed by atoms with Gasteiger partial charge in [-0.05, 0) is 12.3 Å². The highest BCUT2D eigenvalue weighted by Gasteiger charge is 2.03. The standard InChI is InChI=1S/C9H20O.C3H4O2/c1-3-5-6-9(4-2)7-8-10;1-2-3(4)5/h9-10H,3-8H2,1-2H3;2H,1H2,(H,4,5). The summed E-state index contributed by atoms with van der Waals surface area (Å²) in [6.45, 7) is 7.74. The van der Waals surface area contributed by atoms with Crippen molar-refractivity contribution < 1.29 is 15.0 Å². The van der Waals surface area contributed by atoms with Gasteiger partial charge in [0.1, 0.15) is 0 Å². The summed E-state index contributed by atoms with van der Waals surface area (Å²) in [7, 11) is 0. The first-order chi connectivity index (χ1) is 7.12. The Hall–Kier alpha value is -0.830. The molecule has 2 N–H and O–H groups in total. The third-order valence-corrected chi connectivity index (χ3v) is 2.26. The SMILES string of the molecule is C=CC(=O)O.CCCCC(CC)CCO. The second-order valence-electron chi connectivity index (χ2n) is 3.47. The van der Waals surface area contributed by atoms with E-state index < -0.39 is 5.97 Å². The van der Waals surface area contributed by atoms with Crippen LogP contribution < -0.4 is 0 Å². The largest absolute Gasteiger partial charge is 0.478 e. The molecule has 0 aromatic carbocycles. The van der Waals surface area contributed by atoms with Gasteiger partial charge in [0.15, 0.2) is 0 Å². The summed E-state index contributed by atoms with van der Waals surface area (Å²) in [5.41, 5.74) is 0. The summed E-state index contributed by atoms with van der Waals surface area (Å²) in [5.74, 6) is -0.213. The Bertz CT molecular complexity index is 155. The Morgan fingerprint density at radius 1 is 1.40 bits per heavy atom. The van der Waals surface area contributed by atoms with Crippen molar-refractivity contribution in [3.63, 3.8) is 0 Å². The first kappa shape index (κ1) is 16.6. The van der Waals surface area contributed by atoms with Gasteiger partial charge < -0.3 is 10.2 Å². The van der Waals surface area contributed by atoms with Gasteiger partial charge in [0, 0.05) is 12.7 Å². The molecule has 0 aromatic heterocycles. The second-order valence-corrected chi connectivity index (χ2v) is 3.47. The molecule has 3 nitrogen and oxygen atoms in total. The minimum Gasteiger partial charge on any atom is -0.478 e. The molecule has 0 aliphatic rings. The normalized spacial score (nSPS) is 11.1. The zero-order chi connectivity index (χ0) is 12.1. The zero-order valence-corrected chi connectivity index (χ0v) is 9.91. The number of aliphatic hydroxyl groups is 1. The molecule has 0 rings (SSSR count).